The van der Waals surface area contributed by atoms with Crippen LogP contribution in [0.1, 0.15) is 0 Å². The van der Waals surface area contributed by atoms with Crippen LogP contribution in [0.2, 0.25) is 0 Å². The number of nitrogens with zero attached hydrogens (tertiary/aromatic N) is 3. The SMILES string of the molecule is NC1=NC(=O)C2=C(CNc3ccc(O)cc3)C=NC2=N1. The quantitative estimate of drug-likeness (QED) is 0.691. The molecule has 2 heterocycles. The summed E-state index contributed by atoms with van der Waals surface area (Å²) in [7, 11) is 0. The summed E-state index contributed by atoms with van der Waals surface area (Å²) >= 11 is 0. The number of nitrogens with two attached hydrogens (primary N) is 1. The Labute approximate surface area is 114 Å². The van der Waals surface area contributed by atoms with Gasteiger partial charge in [0.25, 0.3) is 5.91 Å². The molecule has 3 rings (SSSR count). The number of benzene rings is 1. The van der Waals surface area contributed by atoms with E-state index in [0.717, 1.165) is 5.69 Å². The number of aliphatic imine (C=N–C) groups is 3. The van der Waals surface area contributed by atoms with Crippen molar-refractivity contribution in [1.82, 2.24) is 0 Å². The predicted molar refractivity (Wildman–Crippen MR) is 76.2 cm³/mol. The lowest BCUT2D eigenvalue weighted by Gasteiger charge is -2.09. The molecule has 1 aromatic rings. The van der Waals surface area contributed by atoms with Gasteiger partial charge in [-0.25, -0.2) is 4.99 Å². The highest BCUT2D eigenvalue weighted by atomic mass is 16.3. The van der Waals surface area contributed by atoms with Crippen molar-refractivity contribution in [2.24, 2.45) is 20.7 Å². The van der Waals surface area contributed by atoms with Gasteiger partial charge in [0.05, 0.1) is 5.57 Å². The van der Waals surface area contributed by atoms with E-state index in [4.69, 9.17) is 5.73 Å². The largest absolute Gasteiger partial charge is 0.508 e. The molecule has 0 aromatic heterocycles. The van der Waals surface area contributed by atoms with E-state index < -0.39 is 5.91 Å². The molecule has 100 valence electrons. The van der Waals surface area contributed by atoms with Crippen molar-refractivity contribution in [3.63, 3.8) is 0 Å². The highest BCUT2D eigenvalue weighted by molar-refractivity contribution is 6.34. The number of amides is 1. The molecule has 0 bridgehead atoms. The maximum atomic E-state index is 11.8. The van der Waals surface area contributed by atoms with Crippen LogP contribution in [-0.4, -0.2) is 35.6 Å². The van der Waals surface area contributed by atoms with Gasteiger partial charge < -0.3 is 16.2 Å². The second-order valence-corrected chi connectivity index (χ2v) is 4.27. The molecule has 2 aliphatic heterocycles. The van der Waals surface area contributed by atoms with Gasteiger partial charge in [-0.3, -0.25) is 4.79 Å². The molecule has 0 saturated carbocycles. The molecule has 1 amide bonds. The number of phenols is 1. The fraction of sp³-hybridized carbons (Fsp3) is 0.0769. The first-order valence-electron chi connectivity index (χ1n) is 5.91. The Hall–Kier alpha value is -2.96. The van der Waals surface area contributed by atoms with E-state index in [-0.39, 0.29) is 11.7 Å². The predicted octanol–water partition coefficient (Wildman–Crippen LogP) is 0.438. The Bertz CT molecular complexity index is 698. The Morgan fingerprint density at radius 2 is 1.95 bits per heavy atom. The minimum Gasteiger partial charge on any atom is -0.508 e. The van der Waals surface area contributed by atoms with E-state index in [2.05, 4.69) is 20.3 Å². The molecule has 2 aliphatic rings. The first kappa shape index (κ1) is 12.1. The number of anilines is 1. The zero-order valence-corrected chi connectivity index (χ0v) is 10.4. The van der Waals surface area contributed by atoms with Gasteiger partial charge in [-0.05, 0) is 24.3 Å². The average Bonchev–Trinajstić information content (AvgIpc) is 2.81. The standard InChI is InChI=1S/C13H11N5O2/c14-13-17-11-10(12(20)18-13)7(6-16-11)5-15-8-1-3-9(19)4-2-8/h1-4,6,15,19H,5H2,(H2,14,18,20). The summed E-state index contributed by atoms with van der Waals surface area (Å²) in [6.07, 6.45) is 1.58. The fourth-order valence-corrected chi connectivity index (χ4v) is 1.93. The van der Waals surface area contributed by atoms with Crippen molar-refractivity contribution in [3.8, 4) is 5.75 Å². The third kappa shape index (κ3) is 2.16. The molecule has 7 heteroatoms. The minimum absolute atomic E-state index is 0.0707. The normalized spacial score (nSPS) is 16.9. The van der Waals surface area contributed by atoms with Crippen LogP contribution < -0.4 is 11.1 Å². The van der Waals surface area contributed by atoms with Crippen molar-refractivity contribution in [2.75, 3.05) is 11.9 Å². The molecule has 0 spiro atoms. The summed E-state index contributed by atoms with van der Waals surface area (Å²) < 4.78 is 0. The van der Waals surface area contributed by atoms with Crippen LogP contribution in [0, 0.1) is 0 Å². The number of carbonyl (C=O) groups excluding carboxylic acids is 1. The van der Waals surface area contributed by atoms with Crippen molar-refractivity contribution in [2.45, 2.75) is 0 Å². The molecule has 0 atom stereocenters. The molecule has 7 nitrogen and oxygen atoms in total. The lowest BCUT2D eigenvalue weighted by molar-refractivity contribution is -0.113. The van der Waals surface area contributed by atoms with Crippen LogP contribution in [-0.2, 0) is 4.79 Å². The molecule has 1 aromatic carbocycles. The zero-order chi connectivity index (χ0) is 14.1. The molecule has 4 N–H and O–H groups in total. The summed E-state index contributed by atoms with van der Waals surface area (Å²) in [5.74, 6) is 0.0119. The lowest BCUT2D eigenvalue weighted by Crippen LogP contribution is -2.23. The van der Waals surface area contributed by atoms with Crippen LogP contribution in [0.3, 0.4) is 0 Å². The Morgan fingerprint density at radius 3 is 2.70 bits per heavy atom. The minimum atomic E-state index is -0.424. The van der Waals surface area contributed by atoms with Crippen molar-refractivity contribution in [3.05, 3.63) is 35.4 Å². The summed E-state index contributed by atoms with van der Waals surface area (Å²) in [6, 6.07) is 6.63. The molecular weight excluding hydrogens is 258 g/mol. The number of guanidine groups is 1. The van der Waals surface area contributed by atoms with Crippen LogP contribution in [0.15, 0.2) is 50.4 Å². The highest BCUT2D eigenvalue weighted by Crippen LogP contribution is 2.20. The zero-order valence-electron chi connectivity index (χ0n) is 10.4. The number of aromatic hydroxyl groups is 1. The van der Waals surface area contributed by atoms with Crippen LogP contribution in [0.5, 0.6) is 5.75 Å². The van der Waals surface area contributed by atoms with Crippen molar-refractivity contribution in [1.29, 1.82) is 0 Å². The second kappa shape index (κ2) is 4.61. The lowest BCUT2D eigenvalue weighted by atomic mass is 10.1. The van der Waals surface area contributed by atoms with E-state index in [1.54, 1.807) is 30.5 Å². The maximum Gasteiger partial charge on any atom is 0.284 e. The third-order valence-corrected chi connectivity index (χ3v) is 2.89. The molecule has 0 aliphatic carbocycles. The summed E-state index contributed by atoms with van der Waals surface area (Å²) in [4.78, 5) is 23.4. The molecule has 0 radical (unpaired) electrons. The van der Waals surface area contributed by atoms with Crippen LogP contribution in [0.25, 0.3) is 0 Å². The fourth-order valence-electron chi connectivity index (χ4n) is 1.93. The molecule has 0 saturated heterocycles. The molecule has 20 heavy (non-hydrogen) atoms. The number of amidine groups is 1. The number of phenolic OH excluding ortho intramolecular Hbond substituents is 1. The van der Waals surface area contributed by atoms with Crippen molar-refractivity contribution >= 4 is 29.6 Å². The van der Waals surface area contributed by atoms with Gasteiger partial charge in [-0.2, -0.15) is 9.98 Å². The molecular formula is C13H11N5O2. The van der Waals surface area contributed by atoms with Gasteiger partial charge in [0.2, 0.25) is 5.96 Å². The first-order valence-corrected chi connectivity index (χ1v) is 5.91. The average molecular weight is 269 g/mol. The van der Waals surface area contributed by atoms with E-state index in [9.17, 15) is 9.90 Å². The number of fused-ring (bicyclic) bond motifs is 1. The number of nitrogens with one attached hydrogen (secondary N) is 1. The van der Waals surface area contributed by atoms with Gasteiger partial charge in [0.1, 0.15) is 5.75 Å². The Kier molecular flexibility index (Phi) is 2.79. The topological polar surface area (TPSA) is 112 Å². The summed E-state index contributed by atoms with van der Waals surface area (Å²) in [5.41, 5.74) is 7.32. The van der Waals surface area contributed by atoms with Gasteiger partial charge in [-0.15, -0.1) is 0 Å². The van der Waals surface area contributed by atoms with Gasteiger partial charge in [-0.1, -0.05) is 0 Å². The molecule has 0 fully saturated rings. The van der Waals surface area contributed by atoms with Gasteiger partial charge >= 0.3 is 0 Å². The summed E-state index contributed by atoms with van der Waals surface area (Å²) in [6.45, 7) is 0.407. The summed E-state index contributed by atoms with van der Waals surface area (Å²) in [5, 5.41) is 12.3. The number of rotatable bonds is 3. The van der Waals surface area contributed by atoms with E-state index in [1.165, 1.54) is 0 Å². The number of hydrogen-bond acceptors (Lipinski definition) is 6. The van der Waals surface area contributed by atoms with E-state index in [0.29, 0.717) is 23.5 Å². The number of carbonyl (C=O) groups is 1. The van der Waals surface area contributed by atoms with Gasteiger partial charge in [0.15, 0.2) is 5.84 Å². The van der Waals surface area contributed by atoms with Crippen LogP contribution >= 0.6 is 0 Å². The van der Waals surface area contributed by atoms with Crippen molar-refractivity contribution < 1.29 is 9.90 Å². The monoisotopic (exact) mass is 269 g/mol. The Morgan fingerprint density at radius 1 is 1.20 bits per heavy atom. The maximum absolute atomic E-state index is 11.8. The van der Waals surface area contributed by atoms with E-state index >= 15 is 0 Å². The smallest absolute Gasteiger partial charge is 0.284 e. The van der Waals surface area contributed by atoms with E-state index in [1.807, 2.05) is 0 Å². The number of hydrogen-bond donors (Lipinski definition) is 3. The first-order chi connectivity index (χ1) is 9.63. The highest BCUT2D eigenvalue weighted by Gasteiger charge is 2.27. The van der Waals surface area contributed by atoms with Crippen LogP contribution in [0.4, 0.5) is 5.69 Å². The second-order valence-electron chi connectivity index (χ2n) is 4.27. The molecule has 0 unspecified atom stereocenters. The Balaban J connectivity index is 1.79. The van der Waals surface area contributed by atoms with Gasteiger partial charge in [0, 0.05) is 24.0 Å². The third-order valence-electron chi connectivity index (χ3n) is 2.89.